The van der Waals surface area contributed by atoms with Crippen LogP contribution in [0, 0.1) is 0 Å². The molecule has 1 amide bonds. The number of amides is 1. The van der Waals surface area contributed by atoms with Crippen LogP contribution in [0.3, 0.4) is 0 Å². The third-order valence-electron chi connectivity index (χ3n) is 6.22. The Morgan fingerprint density at radius 3 is 2.52 bits per heavy atom. The molecule has 0 bridgehead atoms. The van der Waals surface area contributed by atoms with Gasteiger partial charge in [0.2, 0.25) is 0 Å². The lowest BCUT2D eigenvalue weighted by Gasteiger charge is -2.36. The topological polar surface area (TPSA) is 70.6 Å². The second-order valence-corrected chi connectivity index (χ2v) is 10.3. The Bertz CT molecular complexity index is 964. The summed E-state index contributed by atoms with van der Waals surface area (Å²) in [5.41, 5.74) is 2.72. The van der Waals surface area contributed by atoms with Gasteiger partial charge in [0.1, 0.15) is 25.1 Å². The fourth-order valence-electron chi connectivity index (χ4n) is 4.53. The molecule has 2 aromatic rings. The van der Waals surface area contributed by atoms with Gasteiger partial charge in [0.25, 0.3) is 0 Å². The summed E-state index contributed by atoms with van der Waals surface area (Å²) in [5, 5.41) is 3.62. The Morgan fingerprint density at radius 2 is 1.82 bits per heavy atom. The van der Waals surface area contributed by atoms with Crippen LogP contribution in [-0.4, -0.2) is 66.6 Å². The van der Waals surface area contributed by atoms with Gasteiger partial charge in [-0.15, -0.1) is 0 Å². The van der Waals surface area contributed by atoms with Crippen molar-refractivity contribution in [2.24, 2.45) is 0 Å². The van der Waals surface area contributed by atoms with Crippen LogP contribution in [0.5, 0.6) is 0 Å². The molecule has 0 radical (unpaired) electrons. The number of ether oxygens (including phenoxy) is 1. The number of pyridine rings is 2. The van der Waals surface area contributed by atoms with Gasteiger partial charge in [0.15, 0.2) is 0 Å². The number of carbonyl (C=O) groups excluding carboxylic acids is 1. The van der Waals surface area contributed by atoms with Gasteiger partial charge in [-0.2, -0.15) is 0 Å². The first-order chi connectivity index (χ1) is 15.8. The fraction of sp³-hybridized carbons (Fsp3) is 0.560. The number of rotatable bonds is 4. The fourth-order valence-corrected chi connectivity index (χ4v) is 4.53. The lowest BCUT2D eigenvalue weighted by atomic mass is 9.94. The average Bonchev–Trinajstić information content (AvgIpc) is 2.78. The van der Waals surface area contributed by atoms with Crippen molar-refractivity contribution in [2.45, 2.75) is 64.5 Å². The molecule has 0 aromatic carbocycles. The number of carbonyl (C=O) groups is 1. The molecule has 0 unspecified atom stereocenters. The van der Waals surface area contributed by atoms with Crippen molar-refractivity contribution < 1.29 is 9.53 Å². The molecule has 2 aromatic heterocycles. The number of nitrogens with one attached hydrogen (secondary N) is 1. The normalized spacial score (nSPS) is 17.7. The molecule has 1 saturated heterocycles. The van der Waals surface area contributed by atoms with Crippen molar-refractivity contribution in [1.29, 1.82) is 0 Å². The summed E-state index contributed by atoms with van der Waals surface area (Å²) in [6.07, 6.45) is 7.98. The molecule has 0 spiro atoms. The molecule has 4 rings (SSSR count). The van der Waals surface area contributed by atoms with Gasteiger partial charge in [-0.3, -0.25) is 0 Å². The molecule has 7 nitrogen and oxygen atoms in total. The van der Waals surface area contributed by atoms with Crippen molar-refractivity contribution in [1.82, 2.24) is 14.9 Å². The molecule has 1 saturated carbocycles. The molecule has 33 heavy (non-hydrogen) atoms. The van der Waals surface area contributed by atoms with E-state index >= 15 is 0 Å². The lowest BCUT2D eigenvalue weighted by Crippen LogP contribution is -2.50. The molecule has 0 atom stereocenters. The molecule has 1 aliphatic carbocycles. The van der Waals surface area contributed by atoms with Gasteiger partial charge in [0.05, 0.1) is 5.69 Å². The van der Waals surface area contributed by atoms with Crippen LogP contribution in [0.15, 0.2) is 30.5 Å². The standard InChI is InChI=1S/C25H36BN5O2/c1-25(2,3)33-24(32)31-13-11-30(12-14-31)23-17-19(26)16-21(29-23)18-9-10-27-22(15-18)28-20-7-5-4-6-8-20/h9-10,15-17,20H,4-8,11-14,26H2,1-3H3,(H,27,28). The number of hydrogen-bond donors (Lipinski definition) is 1. The summed E-state index contributed by atoms with van der Waals surface area (Å²) in [6.45, 7) is 8.42. The van der Waals surface area contributed by atoms with E-state index in [0.717, 1.165) is 36.0 Å². The first-order valence-electron chi connectivity index (χ1n) is 12.2. The molecule has 3 heterocycles. The van der Waals surface area contributed by atoms with Gasteiger partial charge >= 0.3 is 6.09 Å². The highest BCUT2D eigenvalue weighted by molar-refractivity contribution is 6.32. The minimum Gasteiger partial charge on any atom is -0.444 e. The average molecular weight is 449 g/mol. The minimum absolute atomic E-state index is 0.241. The largest absolute Gasteiger partial charge is 0.444 e. The highest BCUT2D eigenvalue weighted by Gasteiger charge is 2.26. The quantitative estimate of drug-likeness (QED) is 0.723. The van der Waals surface area contributed by atoms with Crippen LogP contribution >= 0.6 is 0 Å². The minimum atomic E-state index is -0.476. The predicted octanol–water partition coefficient (Wildman–Crippen LogP) is 3.20. The SMILES string of the molecule is Bc1cc(-c2ccnc(NC3CCCCC3)c2)nc(N2CCN(C(=O)OC(C)(C)C)CC2)c1. The molecule has 2 fully saturated rings. The van der Waals surface area contributed by atoms with Crippen LogP contribution in [0.1, 0.15) is 52.9 Å². The smallest absolute Gasteiger partial charge is 0.410 e. The van der Waals surface area contributed by atoms with E-state index in [0.29, 0.717) is 19.1 Å². The summed E-state index contributed by atoms with van der Waals surface area (Å²) in [6, 6.07) is 8.90. The lowest BCUT2D eigenvalue weighted by molar-refractivity contribution is 0.0240. The zero-order valence-electron chi connectivity index (χ0n) is 20.4. The van der Waals surface area contributed by atoms with Gasteiger partial charge in [-0.25, -0.2) is 14.8 Å². The maximum Gasteiger partial charge on any atom is 0.410 e. The Labute approximate surface area is 198 Å². The van der Waals surface area contributed by atoms with E-state index < -0.39 is 5.60 Å². The number of piperazine rings is 1. The molecular weight excluding hydrogens is 413 g/mol. The van der Waals surface area contributed by atoms with E-state index in [-0.39, 0.29) is 6.09 Å². The number of anilines is 2. The summed E-state index contributed by atoms with van der Waals surface area (Å²) in [5.74, 6) is 1.88. The number of hydrogen-bond acceptors (Lipinski definition) is 6. The maximum atomic E-state index is 12.4. The van der Waals surface area contributed by atoms with Crippen LogP contribution in [0.2, 0.25) is 0 Å². The van der Waals surface area contributed by atoms with Gasteiger partial charge in [-0.1, -0.05) is 24.7 Å². The Kier molecular flexibility index (Phi) is 7.10. The molecule has 2 aliphatic rings. The van der Waals surface area contributed by atoms with Gasteiger partial charge in [-0.05, 0) is 57.9 Å². The van der Waals surface area contributed by atoms with E-state index in [9.17, 15) is 4.79 Å². The third kappa shape index (κ3) is 6.39. The van der Waals surface area contributed by atoms with E-state index in [1.807, 2.05) is 33.0 Å². The molecule has 176 valence electrons. The van der Waals surface area contributed by atoms with Crippen molar-refractivity contribution in [3.05, 3.63) is 30.5 Å². The molecule has 1 N–H and O–H groups in total. The van der Waals surface area contributed by atoms with E-state index in [4.69, 9.17) is 9.72 Å². The molecular formula is C25H36BN5O2. The predicted molar refractivity (Wildman–Crippen MR) is 136 cm³/mol. The first-order valence-corrected chi connectivity index (χ1v) is 12.2. The summed E-state index contributed by atoms with van der Waals surface area (Å²) in [4.78, 5) is 25.9. The zero-order valence-corrected chi connectivity index (χ0v) is 20.4. The number of nitrogens with zero attached hydrogens (tertiary/aromatic N) is 4. The Balaban J connectivity index is 1.44. The van der Waals surface area contributed by atoms with E-state index in [2.05, 4.69) is 41.2 Å². The third-order valence-corrected chi connectivity index (χ3v) is 6.22. The summed E-state index contributed by atoms with van der Waals surface area (Å²) >= 11 is 0. The molecule has 8 heteroatoms. The first kappa shape index (κ1) is 23.4. The highest BCUT2D eigenvalue weighted by Crippen LogP contribution is 2.25. The van der Waals surface area contributed by atoms with Crippen LogP contribution in [0.4, 0.5) is 16.4 Å². The van der Waals surface area contributed by atoms with E-state index in [1.165, 1.54) is 37.6 Å². The van der Waals surface area contributed by atoms with Crippen LogP contribution in [0.25, 0.3) is 11.3 Å². The second kappa shape index (κ2) is 10.0. The molecule has 1 aliphatic heterocycles. The number of aromatic nitrogens is 2. The van der Waals surface area contributed by atoms with Crippen LogP contribution in [-0.2, 0) is 4.74 Å². The Morgan fingerprint density at radius 1 is 1.09 bits per heavy atom. The van der Waals surface area contributed by atoms with Gasteiger partial charge < -0.3 is 19.9 Å². The van der Waals surface area contributed by atoms with Crippen LogP contribution < -0.4 is 15.7 Å². The maximum absolute atomic E-state index is 12.4. The zero-order chi connectivity index (χ0) is 23.4. The summed E-state index contributed by atoms with van der Waals surface area (Å²) in [7, 11) is 2.11. The van der Waals surface area contributed by atoms with Crippen molar-refractivity contribution in [2.75, 3.05) is 36.4 Å². The second-order valence-electron chi connectivity index (χ2n) is 10.3. The highest BCUT2D eigenvalue weighted by atomic mass is 16.6. The van der Waals surface area contributed by atoms with Crippen molar-refractivity contribution in [3.63, 3.8) is 0 Å². The monoisotopic (exact) mass is 449 g/mol. The van der Waals surface area contributed by atoms with Crippen molar-refractivity contribution in [3.8, 4) is 11.3 Å². The summed E-state index contributed by atoms with van der Waals surface area (Å²) < 4.78 is 5.52. The van der Waals surface area contributed by atoms with E-state index in [1.54, 1.807) is 4.90 Å². The Hall–Kier alpha value is -2.77. The van der Waals surface area contributed by atoms with Crippen molar-refractivity contribution >= 4 is 31.0 Å². The van der Waals surface area contributed by atoms with Gasteiger partial charge in [0, 0.05) is 44.0 Å².